The quantitative estimate of drug-likeness (QED) is 0.752. The van der Waals surface area contributed by atoms with Crippen LogP contribution in [0.1, 0.15) is 27.9 Å². The molecule has 0 saturated heterocycles. The Morgan fingerprint density at radius 1 is 1.57 bits per heavy atom. The number of rotatable bonds is 2. The first-order valence-corrected chi connectivity index (χ1v) is 3.61. The number of aromatic nitrogens is 1. The van der Waals surface area contributed by atoms with Gasteiger partial charge in [0.2, 0.25) is 5.95 Å². The van der Waals surface area contributed by atoms with Crippen LogP contribution in [0.4, 0.5) is 13.2 Å². The molecule has 1 aromatic rings. The van der Waals surface area contributed by atoms with Gasteiger partial charge in [-0.1, -0.05) is 0 Å². The fourth-order valence-electron chi connectivity index (χ4n) is 1.06. The van der Waals surface area contributed by atoms with E-state index in [0.717, 1.165) is 6.92 Å². The van der Waals surface area contributed by atoms with E-state index in [1.165, 1.54) is 0 Å². The summed E-state index contributed by atoms with van der Waals surface area (Å²) >= 11 is 0. The second-order valence-corrected chi connectivity index (χ2v) is 2.61. The van der Waals surface area contributed by atoms with Crippen LogP contribution in [0.15, 0.2) is 6.20 Å². The highest BCUT2D eigenvalue weighted by atomic mass is 19.3. The standard InChI is InChI=1S/C8H6F3NO2/c1-3-4(6(9)10)2-12-7(11)5(3)8(13)14/h2,6H,1H3,(H,13,14). The summed E-state index contributed by atoms with van der Waals surface area (Å²) in [6, 6.07) is 0. The molecule has 76 valence electrons. The molecule has 0 aliphatic heterocycles. The van der Waals surface area contributed by atoms with Crippen molar-refractivity contribution >= 4 is 5.97 Å². The van der Waals surface area contributed by atoms with Crippen molar-refractivity contribution in [3.05, 3.63) is 28.8 Å². The van der Waals surface area contributed by atoms with Crippen LogP contribution in [0.5, 0.6) is 0 Å². The van der Waals surface area contributed by atoms with E-state index in [0.29, 0.717) is 6.20 Å². The number of carbonyl (C=O) groups is 1. The molecule has 14 heavy (non-hydrogen) atoms. The monoisotopic (exact) mass is 205 g/mol. The van der Waals surface area contributed by atoms with Crippen molar-refractivity contribution in [2.24, 2.45) is 0 Å². The molecule has 0 aliphatic rings. The van der Waals surface area contributed by atoms with Gasteiger partial charge in [0, 0.05) is 11.8 Å². The van der Waals surface area contributed by atoms with Crippen LogP contribution in [0, 0.1) is 12.9 Å². The predicted molar refractivity (Wildman–Crippen MR) is 40.8 cm³/mol. The van der Waals surface area contributed by atoms with Gasteiger partial charge in [0.25, 0.3) is 6.43 Å². The van der Waals surface area contributed by atoms with E-state index < -0.39 is 29.5 Å². The minimum absolute atomic E-state index is 0.292. The zero-order valence-corrected chi connectivity index (χ0v) is 7.09. The van der Waals surface area contributed by atoms with Crippen molar-refractivity contribution in [3.8, 4) is 0 Å². The Kier molecular flexibility index (Phi) is 2.73. The fourth-order valence-corrected chi connectivity index (χ4v) is 1.06. The molecule has 0 aliphatic carbocycles. The van der Waals surface area contributed by atoms with Crippen LogP contribution < -0.4 is 0 Å². The Morgan fingerprint density at radius 2 is 2.14 bits per heavy atom. The van der Waals surface area contributed by atoms with Crippen molar-refractivity contribution < 1.29 is 23.1 Å². The van der Waals surface area contributed by atoms with E-state index in [-0.39, 0.29) is 5.56 Å². The average Bonchev–Trinajstić information content (AvgIpc) is 2.02. The smallest absolute Gasteiger partial charge is 0.340 e. The summed E-state index contributed by atoms with van der Waals surface area (Å²) < 4.78 is 37.3. The van der Waals surface area contributed by atoms with Crippen LogP contribution in [-0.2, 0) is 0 Å². The second-order valence-electron chi connectivity index (χ2n) is 2.61. The maximum Gasteiger partial charge on any atom is 0.340 e. The van der Waals surface area contributed by atoms with Gasteiger partial charge >= 0.3 is 5.97 Å². The first-order valence-electron chi connectivity index (χ1n) is 3.61. The molecule has 0 saturated carbocycles. The van der Waals surface area contributed by atoms with Crippen molar-refractivity contribution in [1.82, 2.24) is 4.98 Å². The Labute approximate surface area is 77.2 Å². The molecule has 0 fully saturated rings. The Bertz CT molecular complexity index is 379. The zero-order valence-electron chi connectivity index (χ0n) is 7.09. The minimum Gasteiger partial charge on any atom is -0.478 e. The lowest BCUT2D eigenvalue weighted by Crippen LogP contribution is -2.08. The van der Waals surface area contributed by atoms with Gasteiger partial charge in [-0.2, -0.15) is 4.39 Å². The van der Waals surface area contributed by atoms with Crippen molar-refractivity contribution in [2.45, 2.75) is 13.3 Å². The van der Waals surface area contributed by atoms with E-state index >= 15 is 0 Å². The van der Waals surface area contributed by atoms with E-state index in [1.54, 1.807) is 0 Å². The largest absolute Gasteiger partial charge is 0.478 e. The normalized spacial score (nSPS) is 10.6. The first-order chi connectivity index (χ1) is 6.45. The summed E-state index contributed by atoms with van der Waals surface area (Å²) in [5.41, 5.74) is -1.66. The lowest BCUT2D eigenvalue weighted by Gasteiger charge is -2.07. The zero-order chi connectivity index (χ0) is 10.9. The summed E-state index contributed by atoms with van der Waals surface area (Å²) in [6.45, 7) is 1.12. The molecule has 0 amide bonds. The third-order valence-corrected chi connectivity index (χ3v) is 1.78. The van der Waals surface area contributed by atoms with Crippen LogP contribution in [-0.4, -0.2) is 16.1 Å². The van der Waals surface area contributed by atoms with Crippen LogP contribution in [0.3, 0.4) is 0 Å². The SMILES string of the molecule is Cc1c(C(F)F)cnc(F)c1C(=O)O. The highest BCUT2D eigenvalue weighted by molar-refractivity contribution is 5.89. The van der Waals surface area contributed by atoms with Gasteiger partial charge in [0.1, 0.15) is 5.56 Å². The van der Waals surface area contributed by atoms with Crippen molar-refractivity contribution in [3.63, 3.8) is 0 Å². The number of halogens is 3. The number of carboxylic acids is 1. The highest BCUT2D eigenvalue weighted by Crippen LogP contribution is 2.24. The number of alkyl halides is 2. The lowest BCUT2D eigenvalue weighted by molar-refractivity contribution is 0.0689. The first kappa shape index (κ1) is 10.5. The predicted octanol–water partition coefficient (Wildman–Crippen LogP) is 2.16. The third kappa shape index (κ3) is 1.68. The van der Waals surface area contributed by atoms with E-state index in [4.69, 9.17) is 5.11 Å². The summed E-state index contributed by atoms with van der Waals surface area (Å²) in [6.07, 6.45) is -2.22. The summed E-state index contributed by atoms with van der Waals surface area (Å²) in [7, 11) is 0. The van der Waals surface area contributed by atoms with E-state index in [1.807, 2.05) is 0 Å². The van der Waals surface area contributed by atoms with Gasteiger partial charge in [-0.05, 0) is 12.5 Å². The maximum absolute atomic E-state index is 12.8. The molecule has 1 heterocycles. The summed E-state index contributed by atoms with van der Waals surface area (Å²) in [5.74, 6) is -2.85. The Morgan fingerprint density at radius 3 is 2.57 bits per heavy atom. The van der Waals surface area contributed by atoms with E-state index in [9.17, 15) is 18.0 Å². The van der Waals surface area contributed by atoms with Gasteiger partial charge < -0.3 is 5.11 Å². The minimum atomic E-state index is -2.86. The van der Waals surface area contributed by atoms with Gasteiger partial charge in [-0.25, -0.2) is 18.6 Å². The number of carboxylic acid groups (broad SMARTS) is 1. The van der Waals surface area contributed by atoms with Gasteiger partial charge in [0.15, 0.2) is 0 Å². The number of aromatic carboxylic acids is 1. The highest BCUT2D eigenvalue weighted by Gasteiger charge is 2.21. The molecule has 0 radical (unpaired) electrons. The molecule has 1 rings (SSSR count). The average molecular weight is 205 g/mol. The van der Waals surface area contributed by atoms with Crippen molar-refractivity contribution in [1.29, 1.82) is 0 Å². The lowest BCUT2D eigenvalue weighted by atomic mass is 10.1. The van der Waals surface area contributed by atoms with Crippen LogP contribution in [0.2, 0.25) is 0 Å². The fraction of sp³-hybridized carbons (Fsp3) is 0.250. The molecule has 1 N–H and O–H groups in total. The molecule has 0 bridgehead atoms. The van der Waals surface area contributed by atoms with Gasteiger partial charge in [-0.15, -0.1) is 0 Å². The number of pyridine rings is 1. The number of nitrogens with zero attached hydrogens (tertiary/aromatic N) is 1. The Balaban J connectivity index is 3.41. The maximum atomic E-state index is 12.8. The Hall–Kier alpha value is -1.59. The third-order valence-electron chi connectivity index (χ3n) is 1.78. The molecule has 1 aromatic heterocycles. The van der Waals surface area contributed by atoms with E-state index in [2.05, 4.69) is 4.98 Å². The molecular weight excluding hydrogens is 199 g/mol. The summed E-state index contributed by atoms with van der Waals surface area (Å²) in [4.78, 5) is 13.4. The molecule has 3 nitrogen and oxygen atoms in total. The van der Waals surface area contributed by atoms with Crippen LogP contribution in [0.25, 0.3) is 0 Å². The molecule has 0 aromatic carbocycles. The number of hydrogen-bond donors (Lipinski definition) is 1. The van der Waals surface area contributed by atoms with Gasteiger partial charge in [0.05, 0.1) is 0 Å². The molecular formula is C8H6F3NO2. The van der Waals surface area contributed by atoms with Gasteiger partial charge in [-0.3, -0.25) is 0 Å². The van der Waals surface area contributed by atoms with Crippen molar-refractivity contribution in [2.75, 3.05) is 0 Å². The molecule has 0 spiro atoms. The summed E-state index contributed by atoms with van der Waals surface area (Å²) in [5, 5.41) is 8.53. The molecule has 0 atom stereocenters. The molecule has 0 unspecified atom stereocenters. The van der Waals surface area contributed by atoms with Crippen LogP contribution >= 0.6 is 0 Å². The second kappa shape index (κ2) is 3.65. The molecule has 6 heteroatoms. The number of hydrogen-bond acceptors (Lipinski definition) is 2. The topological polar surface area (TPSA) is 50.2 Å².